The van der Waals surface area contributed by atoms with E-state index in [0.29, 0.717) is 0 Å². The molecule has 12 rings (SSSR count). The molecule has 4 nitrogen and oxygen atoms in total. The highest BCUT2D eigenvalue weighted by molar-refractivity contribution is 6.36. The second-order valence-electron chi connectivity index (χ2n) is 12.5. The molecule has 212 valence electrons. The Balaban J connectivity index is 1.40. The van der Waals surface area contributed by atoms with E-state index in [9.17, 15) is 0 Å². The van der Waals surface area contributed by atoms with Crippen molar-refractivity contribution in [3.05, 3.63) is 133 Å². The first-order chi connectivity index (χ1) is 22.8. The fraction of sp³-hybridized carbons (Fsp3) is 0. The zero-order chi connectivity index (χ0) is 29.7. The molecule has 0 atom stereocenters. The third-order valence-corrected chi connectivity index (χ3v) is 10.2. The number of hydrogen-bond acceptors (Lipinski definition) is 2. The monoisotopic (exact) mass is 586 g/mol. The Labute approximate surface area is 260 Å². The lowest BCUT2D eigenvalue weighted by atomic mass is 10.0. The van der Waals surface area contributed by atoms with Crippen molar-refractivity contribution < 1.29 is 8.83 Å². The molecule has 5 heterocycles. The van der Waals surface area contributed by atoms with Gasteiger partial charge in [-0.15, -0.1) is 0 Å². The van der Waals surface area contributed by atoms with Gasteiger partial charge in [-0.25, -0.2) is 0 Å². The largest absolute Gasteiger partial charge is 0.456 e. The summed E-state index contributed by atoms with van der Waals surface area (Å²) in [6, 6.07) is 47.8. The van der Waals surface area contributed by atoms with Crippen molar-refractivity contribution in [2.24, 2.45) is 0 Å². The number of fused-ring (bicyclic) bond motifs is 16. The summed E-state index contributed by atoms with van der Waals surface area (Å²) in [4.78, 5) is 0. The van der Waals surface area contributed by atoms with Crippen molar-refractivity contribution in [2.75, 3.05) is 0 Å². The summed E-state index contributed by atoms with van der Waals surface area (Å²) in [6.45, 7) is 0. The first kappa shape index (κ1) is 23.2. The summed E-state index contributed by atoms with van der Waals surface area (Å²) >= 11 is 0. The zero-order valence-electron chi connectivity index (χ0n) is 24.4. The number of benzene rings is 7. The van der Waals surface area contributed by atoms with Gasteiger partial charge in [-0.3, -0.25) is 0 Å². The molecule has 0 saturated carbocycles. The third kappa shape index (κ3) is 2.65. The molecule has 0 radical (unpaired) electrons. The van der Waals surface area contributed by atoms with E-state index in [-0.39, 0.29) is 0 Å². The standard InChI is InChI=1S/C42H22N2O2/c1-2-10-23(11-3-1)43-33-15-7-4-12-24(33)30-18-31-27-21-38-28(25-13-5-8-16-36(25)45-38)19-34(27)44-35-20-29-26-14-6-9-17-37(26)46-39(29)22-32(35)40(41(30)43)42(31)44/h1-22H. The third-order valence-electron chi connectivity index (χ3n) is 10.2. The van der Waals surface area contributed by atoms with Crippen molar-refractivity contribution >= 4 is 104 Å². The summed E-state index contributed by atoms with van der Waals surface area (Å²) in [6.07, 6.45) is 0. The van der Waals surface area contributed by atoms with Crippen molar-refractivity contribution in [1.82, 2.24) is 8.97 Å². The summed E-state index contributed by atoms with van der Waals surface area (Å²) in [7, 11) is 0. The van der Waals surface area contributed by atoms with E-state index in [1.54, 1.807) is 0 Å². The van der Waals surface area contributed by atoms with Gasteiger partial charge in [-0.05, 0) is 60.7 Å². The zero-order valence-corrected chi connectivity index (χ0v) is 24.4. The molecule has 0 aliphatic rings. The van der Waals surface area contributed by atoms with Gasteiger partial charge < -0.3 is 17.8 Å². The lowest BCUT2D eigenvalue weighted by molar-refractivity contribution is 0.669. The molecule has 12 aromatic rings. The fourth-order valence-corrected chi connectivity index (χ4v) is 8.33. The molecule has 46 heavy (non-hydrogen) atoms. The Hall–Kier alpha value is -6.26. The van der Waals surface area contributed by atoms with Crippen LogP contribution in [0, 0.1) is 0 Å². The molecule has 5 aromatic heterocycles. The van der Waals surface area contributed by atoms with E-state index in [2.05, 4.69) is 130 Å². The molecule has 0 aliphatic carbocycles. The van der Waals surface area contributed by atoms with Crippen molar-refractivity contribution in [3.63, 3.8) is 0 Å². The Morgan fingerprint density at radius 2 is 0.913 bits per heavy atom. The molecule has 0 N–H and O–H groups in total. The summed E-state index contributed by atoms with van der Waals surface area (Å²) in [5.74, 6) is 0. The number of furan rings is 2. The minimum atomic E-state index is 0.908. The van der Waals surface area contributed by atoms with Crippen LogP contribution >= 0.6 is 0 Å². The van der Waals surface area contributed by atoms with E-state index in [1.807, 2.05) is 12.1 Å². The molecule has 0 saturated heterocycles. The highest BCUT2D eigenvalue weighted by atomic mass is 16.3. The second-order valence-corrected chi connectivity index (χ2v) is 12.5. The Kier molecular flexibility index (Phi) is 3.96. The van der Waals surface area contributed by atoms with Crippen molar-refractivity contribution in [2.45, 2.75) is 0 Å². The maximum Gasteiger partial charge on any atom is 0.136 e. The lowest BCUT2D eigenvalue weighted by Gasteiger charge is -2.09. The minimum Gasteiger partial charge on any atom is -0.456 e. The molecule has 0 fully saturated rings. The van der Waals surface area contributed by atoms with Gasteiger partial charge in [-0.1, -0.05) is 72.8 Å². The van der Waals surface area contributed by atoms with Gasteiger partial charge in [0.1, 0.15) is 22.3 Å². The topological polar surface area (TPSA) is 35.6 Å². The molecule has 7 aromatic carbocycles. The Morgan fingerprint density at radius 3 is 1.63 bits per heavy atom. The highest BCUT2D eigenvalue weighted by Gasteiger charge is 2.26. The lowest BCUT2D eigenvalue weighted by Crippen LogP contribution is -1.93. The summed E-state index contributed by atoms with van der Waals surface area (Å²) in [5.41, 5.74) is 10.8. The number of rotatable bonds is 1. The molecular weight excluding hydrogens is 564 g/mol. The van der Waals surface area contributed by atoms with E-state index >= 15 is 0 Å². The average molecular weight is 587 g/mol. The number of hydrogen-bond donors (Lipinski definition) is 0. The van der Waals surface area contributed by atoms with Crippen LogP contribution < -0.4 is 0 Å². The van der Waals surface area contributed by atoms with Crippen LogP contribution in [0.25, 0.3) is 109 Å². The molecule has 0 bridgehead atoms. The smallest absolute Gasteiger partial charge is 0.136 e. The minimum absolute atomic E-state index is 0.908. The molecule has 0 aliphatic heterocycles. The van der Waals surface area contributed by atoms with E-state index in [1.165, 1.54) is 59.9 Å². The van der Waals surface area contributed by atoms with Crippen molar-refractivity contribution in [1.29, 1.82) is 0 Å². The molecule has 4 heteroatoms. The molecule has 0 spiro atoms. The Morgan fingerprint density at radius 1 is 0.348 bits per heavy atom. The summed E-state index contributed by atoms with van der Waals surface area (Å²) in [5, 5.41) is 11.9. The number of para-hydroxylation sites is 4. The SMILES string of the molecule is c1ccc(-n2c3ccccc3c3cc4c5cc6oc7ccccc7c6cc5n5c6cc7c(cc6c(c32)c45)oc2ccccc27)cc1. The van der Waals surface area contributed by atoms with Crippen LogP contribution in [0.2, 0.25) is 0 Å². The maximum atomic E-state index is 6.49. The normalized spacial score (nSPS) is 12.8. The predicted octanol–water partition coefficient (Wildman–Crippen LogP) is 11.7. The van der Waals surface area contributed by atoms with Crippen molar-refractivity contribution in [3.8, 4) is 5.69 Å². The molecule has 0 unspecified atom stereocenters. The van der Waals surface area contributed by atoms with E-state index in [0.717, 1.165) is 49.6 Å². The van der Waals surface area contributed by atoms with Gasteiger partial charge in [0.05, 0.1) is 27.6 Å². The maximum absolute atomic E-state index is 6.49. The van der Waals surface area contributed by atoms with Gasteiger partial charge in [0.15, 0.2) is 0 Å². The van der Waals surface area contributed by atoms with Crippen LogP contribution in [0.1, 0.15) is 0 Å². The Bertz CT molecular complexity index is 3240. The predicted molar refractivity (Wildman–Crippen MR) is 190 cm³/mol. The summed E-state index contributed by atoms with van der Waals surface area (Å²) < 4.78 is 17.8. The molecule has 0 amide bonds. The highest BCUT2D eigenvalue weighted by Crippen LogP contribution is 2.48. The quantitative estimate of drug-likeness (QED) is 0.192. The van der Waals surface area contributed by atoms with Crippen LogP contribution in [-0.2, 0) is 0 Å². The fourth-order valence-electron chi connectivity index (χ4n) is 8.33. The average Bonchev–Trinajstić information content (AvgIpc) is 3.89. The van der Waals surface area contributed by atoms with Gasteiger partial charge in [0.2, 0.25) is 0 Å². The van der Waals surface area contributed by atoms with Crippen LogP contribution in [-0.4, -0.2) is 8.97 Å². The number of aromatic nitrogens is 2. The van der Waals surface area contributed by atoms with Crippen LogP contribution in [0.15, 0.2) is 142 Å². The van der Waals surface area contributed by atoms with Crippen LogP contribution in [0.3, 0.4) is 0 Å². The van der Waals surface area contributed by atoms with Crippen LogP contribution in [0.4, 0.5) is 0 Å². The molecular formula is C42H22N2O2. The first-order valence-corrected chi connectivity index (χ1v) is 15.7. The first-order valence-electron chi connectivity index (χ1n) is 15.7. The number of nitrogens with zero attached hydrogens (tertiary/aromatic N) is 2. The van der Waals surface area contributed by atoms with Gasteiger partial charge >= 0.3 is 0 Å². The van der Waals surface area contributed by atoms with Gasteiger partial charge in [0, 0.05) is 59.5 Å². The van der Waals surface area contributed by atoms with E-state index < -0.39 is 0 Å². The van der Waals surface area contributed by atoms with E-state index in [4.69, 9.17) is 8.83 Å². The second kappa shape index (κ2) is 7.87. The van der Waals surface area contributed by atoms with Gasteiger partial charge in [0.25, 0.3) is 0 Å². The van der Waals surface area contributed by atoms with Crippen LogP contribution in [0.5, 0.6) is 0 Å². The van der Waals surface area contributed by atoms with Gasteiger partial charge in [-0.2, -0.15) is 0 Å².